The van der Waals surface area contributed by atoms with Gasteiger partial charge >= 0.3 is 0 Å². The summed E-state index contributed by atoms with van der Waals surface area (Å²) in [6, 6.07) is 1.28. The normalized spacial score (nSPS) is 16.8. The Labute approximate surface area is 97.2 Å². The summed E-state index contributed by atoms with van der Waals surface area (Å²) in [5.74, 6) is -1.09. The van der Waals surface area contributed by atoms with Crippen molar-refractivity contribution in [3.63, 3.8) is 0 Å². The fraction of sp³-hybridized carbons (Fsp3) is 0.455. The van der Waals surface area contributed by atoms with Crippen molar-refractivity contribution in [1.29, 1.82) is 0 Å². The fourth-order valence-electron chi connectivity index (χ4n) is 1.83. The third kappa shape index (κ3) is 2.52. The van der Waals surface area contributed by atoms with Gasteiger partial charge in [-0.3, -0.25) is 10.1 Å². The molecule has 0 amide bonds. The van der Waals surface area contributed by atoms with Crippen LogP contribution in [0.25, 0.3) is 0 Å². The fourth-order valence-corrected chi connectivity index (χ4v) is 1.83. The molecule has 1 atom stereocenters. The highest BCUT2D eigenvalue weighted by Gasteiger charge is 2.27. The maximum absolute atomic E-state index is 13.3. The third-order valence-corrected chi connectivity index (χ3v) is 2.97. The van der Waals surface area contributed by atoms with Crippen molar-refractivity contribution in [2.24, 2.45) is 11.7 Å². The summed E-state index contributed by atoms with van der Waals surface area (Å²) in [6.07, 6.45) is 2.77. The van der Waals surface area contributed by atoms with Crippen LogP contribution in [0, 0.1) is 21.8 Å². The molecule has 1 aromatic rings. The first-order valence-electron chi connectivity index (χ1n) is 5.41. The molecule has 1 aliphatic rings. The first-order chi connectivity index (χ1) is 7.99. The second-order valence-corrected chi connectivity index (χ2v) is 4.41. The summed E-state index contributed by atoms with van der Waals surface area (Å²) in [5, 5.41) is 20.1. The smallest absolute Gasteiger partial charge is 0.272 e. The third-order valence-electron chi connectivity index (χ3n) is 2.97. The molecular formula is C11H13FN2O3. The number of nitrogens with two attached hydrogens (primary N) is 1. The number of nitro groups is 1. The second kappa shape index (κ2) is 4.29. The van der Waals surface area contributed by atoms with Gasteiger partial charge in [0.2, 0.25) is 0 Å². The maximum atomic E-state index is 13.3. The van der Waals surface area contributed by atoms with Crippen LogP contribution in [-0.2, 0) is 0 Å². The maximum Gasteiger partial charge on any atom is 0.272 e. The van der Waals surface area contributed by atoms with E-state index in [9.17, 15) is 19.6 Å². The number of nitrogens with zero attached hydrogens (tertiary/aromatic N) is 1. The van der Waals surface area contributed by atoms with Crippen molar-refractivity contribution < 1.29 is 14.4 Å². The van der Waals surface area contributed by atoms with E-state index in [1.165, 1.54) is 0 Å². The summed E-state index contributed by atoms with van der Waals surface area (Å²) < 4.78 is 13.3. The summed E-state index contributed by atoms with van der Waals surface area (Å²) in [6.45, 7) is 0. The number of halogens is 1. The van der Waals surface area contributed by atoms with Gasteiger partial charge in [0, 0.05) is 17.7 Å². The van der Waals surface area contributed by atoms with Crippen LogP contribution in [0.4, 0.5) is 10.1 Å². The lowest BCUT2D eigenvalue weighted by molar-refractivity contribution is -0.385. The lowest BCUT2D eigenvalue weighted by Gasteiger charge is -2.13. The van der Waals surface area contributed by atoms with Crippen LogP contribution in [0.3, 0.4) is 0 Å². The molecule has 5 nitrogen and oxygen atoms in total. The molecule has 1 aromatic carbocycles. The van der Waals surface area contributed by atoms with E-state index in [-0.39, 0.29) is 11.3 Å². The zero-order valence-corrected chi connectivity index (χ0v) is 9.10. The number of non-ortho nitro benzene ring substituents is 1. The number of aromatic hydroxyl groups is 1. The molecule has 0 saturated heterocycles. The van der Waals surface area contributed by atoms with E-state index in [1.54, 1.807) is 0 Å². The molecule has 0 aromatic heterocycles. The molecule has 2 rings (SSSR count). The standard InChI is InChI=1S/C11H13FN2O3/c12-9-5-7(14(16)17)4-8(11(9)15)10(13)3-6-1-2-6/h4-6,10,15H,1-3,13H2/t10-/m0/s1. The van der Waals surface area contributed by atoms with E-state index < -0.39 is 22.5 Å². The minimum absolute atomic E-state index is 0.114. The van der Waals surface area contributed by atoms with E-state index in [1.807, 2.05) is 0 Å². The Kier molecular flexibility index (Phi) is 2.97. The van der Waals surface area contributed by atoms with Crippen LogP contribution in [-0.4, -0.2) is 10.0 Å². The zero-order chi connectivity index (χ0) is 12.6. The number of hydrogen-bond acceptors (Lipinski definition) is 4. The number of phenolic OH excluding ortho intramolecular Hbond substituents is 1. The molecule has 0 heterocycles. The van der Waals surface area contributed by atoms with Crippen LogP contribution in [0.1, 0.15) is 30.9 Å². The highest BCUT2D eigenvalue weighted by atomic mass is 19.1. The highest BCUT2D eigenvalue weighted by Crippen LogP contribution is 2.39. The Bertz CT molecular complexity index is 460. The first kappa shape index (κ1) is 11.8. The number of nitro benzene ring substituents is 1. The molecule has 0 radical (unpaired) electrons. The molecule has 0 aliphatic heterocycles. The topological polar surface area (TPSA) is 89.4 Å². The molecule has 92 valence electrons. The molecule has 1 fully saturated rings. The van der Waals surface area contributed by atoms with Crippen LogP contribution < -0.4 is 5.73 Å². The van der Waals surface area contributed by atoms with Crippen molar-refractivity contribution in [3.8, 4) is 5.75 Å². The Morgan fingerprint density at radius 3 is 2.76 bits per heavy atom. The van der Waals surface area contributed by atoms with Gasteiger partial charge in [-0.15, -0.1) is 0 Å². The van der Waals surface area contributed by atoms with Crippen molar-refractivity contribution in [3.05, 3.63) is 33.6 Å². The van der Waals surface area contributed by atoms with Crippen LogP contribution >= 0.6 is 0 Å². The van der Waals surface area contributed by atoms with Gasteiger partial charge in [-0.2, -0.15) is 0 Å². The number of phenols is 1. The average molecular weight is 240 g/mol. The Morgan fingerprint density at radius 2 is 2.24 bits per heavy atom. The number of hydrogen-bond donors (Lipinski definition) is 2. The summed E-state index contributed by atoms with van der Waals surface area (Å²) in [7, 11) is 0. The van der Waals surface area contributed by atoms with Gasteiger partial charge in [-0.1, -0.05) is 12.8 Å². The average Bonchev–Trinajstić information content (AvgIpc) is 3.05. The van der Waals surface area contributed by atoms with Gasteiger partial charge < -0.3 is 10.8 Å². The minimum Gasteiger partial charge on any atom is -0.505 e. The minimum atomic E-state index is -1.000. The van der Waals surface area contributed by atoms with E-state index in [2.05, 4.69) is 0 Å². The molecule has 0 bridgehead atoms. The quantitative estimate of drug-likeness (QED) is 0.623. The van der Waals surface area contributed by atoms with E-state index in [0.717, 1.165) is 18.9 Å². The second-order valence-electron chi connectivity index (χ2n) is 4.41. The van der Waals surface area contributed by atoms with E-state index in [0.29, 0.717) is 18.4 Å². The zero-order valence-electron chi connectivity index (χ0n) is 9.10. The predicted octanol–water partition coefficient (Wildman–Crippen LogP) is 2.24. The molecule has 1 aliphatic carbocycles. The summed E-state index contributed by atoms with van der Waals surface area (Å²) in [4.78, 5) is 9.89. The van der Waals surface area contributed by atoms with Crippen LogP contribution in [0.5, 0.6) is 5.75 Å². The molecule has 0 spiro atoms. The Hall–Kier alpha value is -1.69. The van der Waals surface area contributed by atoms with Gasteiger partial charge in [0.25, 0.3) is 5.69 Å². The SMILES string of the molecule is N[C@@H](CC1CC1)c1cc([N+](=O)[O-])cc(F)c1O. The van der Waals surface area contributed by atoms with Gasteiger partial charge in [0.15, 0.2) is 11.6 Å². The molecule has 0 unspecified atom stereocenters. The van der Waals surface area contributed by atoms with Crippen molar-refractivity contribution in [1.82, 2.24) is 0 Å². The molecule has 1 saturated carbocycles. The predicted molar refractivity (Wildman–Crippen MR) is 59.0 cm³/mol. The Balaban J connectivity index is 2.32. The van der Waals surface area contributed by atoms with Crippen molar-refractivity contribution in [2.45, 2.75) is 25.3 Å². The highest BCUT2D eigenvalue weighted by molar-refractivity contribution is 5.45. The van der Waals surface area contributed by atoms with Crippen molar-refractivity contribution >= 4 is 5.69 Å². The monoisotopic (exact) mass is 240 g/mol. The first-order valence-corrected chi connectivity index (χ1v) is 5.41. The van der Waals surface area contributed by atoms with Gasteiger partial charge in [0.1, 0.15) is 0 Å². The number of rotatable bonds is 4. The van der Waals surface area contributed by atoms with Crippen LogP contribution in [0.2, 0.25) is 0 Å². The molecule has 17 heavy (non-hydrogen) atoms. The Morgan fingerprint density at radius 1 is 1.59 bits per heavy atom. The number of benzene rings is 1. The lowest BCUT2D eigenvalue weighted by Crippen LogP contribution is -2.12. The summed E-state index contributed by atoms with van der Waals surface area (Å²) >= 11 is 0. The molecule has 3 N–H and O–H groups in total. The van der Waals surface area contributed by atoms with Gasteiger partial charge in [-0.25, -0.2) is 4.39 Å². The van der Waals surface area contributed by atoms with Gasteiger partial charge in [0.05, 0.1) is 11.0 Å². The lowest BCUT2D eigenvalue weighted by atomic mass is 10.0. The van der Waals surface area contributed by atoms with Crippen LogP contribution in [0.15, 0.2) is 12.1 Å². The molecule has 6 heteroatoms. The van der Waals surface area contributed by atoms with Crippen molar-refractivity contribution in [2.75, 3.05) is 0 Å². The van der Waals surface area contributed by atoms with E-state index in [4.69, 9.17) is 5.73 Å². The largest absolute Gasteiger partial charge is 0.505 e. The van der Waals surface area contributed by atoms with E-state index >= 15 is 0 Å². The molecular weight excluding hydrogens is 227 g/mol. The summed E-state index contributed by atoms with van der Waals surface area (Å²) in [5.41, 5.74) is 5.55. The van der Waals surface area contributed by atoms with Gasteiger partial charge in [-0.05, 0) is 12.3 Å².